The number of benzene rings is 2. The van der Waals surface area contributed by atoms with Gasteiger partial charge in [0.15, 0.2) is 0 Å². The standard InChI is InChI=1S/C30H36BFN3O5/c1-4-40-28(37)12-11-26(33-29(38)27(34-31-19-36)16-22-6-9-25(32)10-7-22)17-23-13-14-35(30(23)39)18-24-8-5-20(2)15-21(24)3/h5-12,15,19,23,26-27,34H,4,13-14,16-18H2,1-3H3,(H,33,38)/b12-11+/t23-,26+,27-/m0/s1. The second kappa shape index (κ2) is 15.1. The molecule has 3 atom stereocenters. The van der Waals surface area contributed by atoms with Gasteiger partial charge in [-0.1, -0.05) is 42.0 Å². The first-order valence-electron chi connectivity index (χ1n) is 13.5. The monoisotopic (exact) mass is 548 g/mol. The van der Waals surface area contributed by atoms with Crippen LogP contribution < -0.4 is 10.5 Å². The highest BCUT2D eigenvalue weighted by Crippen LogP contribution is 2.26. The second-order valence-electron chi connectivity index (χ2n) is 9.99. The lowest BCUT2D eigenvalue weighted by Crippen LogP contribution is -2.50. The van der Waals surface area contributed by atoms with Gasteiger partial charge in [-0.25, -0.2) is 9.18 Å². The Morgan fingerprint density at radius 2 is 1.95 bits per heavy atom. The summed E-state index contributed by atoms with van der Waals surface area (Å²) in [6, 6.07) is 10.4. The third-order valence-electron chi connectivity index (χ3n) is 6.92. The molecule has 0 spiro atoms. The summed E-state index contributed by atoms with van der Waals surface area (Å²) in [5, 5.41) is 5.68. The molecule has 2 aromatic rings. The van der Waals surface area contributed by atoms with Crippen molar-refractivity contribution in [3.05, 3.63) is 82.7 Å². The van der Waals surface area contributed by atoms with E-state index < -0.39 is 29.8 Å². The van der Waals surface area contributed by atoms with Crippen LogP contribution in [0.25, 0.3) is 0 Å². The van der Waals surface area contributed by atoms with E-state index in [9.17, 15) is 23.6 Å². The fourth-order valence-electron chi connectivity index (χ4n) is 4.81. The Bertz CT molecular complexity index is 1220. The summed E-state index contributed by atoms with van der Waals surface area (Å²) in [7, 11) is 1.13. The van der Waals surface area contributed by atoms with Gasteiger partial charge >= 0.3 is 5.97 Å². The summed E-state index contributed by atoms with van der Waals surface area (Å²) >= 11 is 0. The fraction of sp³-hybridized carbons (Fsp3) is 0.400. The number of amides is 2. The summed E-state index contributed by atoms with van der Waals surface area (Å²) in [4.78, 5) is 51.4. The highest BCUT2D eigenvalue weighted by molar-refractivity contribution is 6.64. The van der Waals surface area contributed by atoms with Crippen LogP contribution in [0.2, 0.25) is 0 Å². The lowest BCUT2D eigenvalue weighted by Gasteiger charge is -2.23. The van der Waals surface area contributed by atoms with E-state index in [2.05, 4.69) is 16.6 Å². The molecule has 1 saturated heterocycles. The molecule has 1 heterocycles. The summed E-state index contributed by atoms with van der Waals surface area (Å²) in [5.74, 6) is -1.72. The number of nitrogens with one attached hydrogen (secondary N) is 2. The third-order valence-corrected chi connectivity index (χ3v) is 6.92. The van der Waals surface area contributed by atoms with Gasteiger partial charge in [0.25, 0.3) is 7.41 Å². The van der Waals surface area contributed by atoms with Crippen LogP contribution in [0.4, 0.5) is 4.39 Å². The van der Waals surface area contributed by atoms with Crippen molar-refractivity contribution in [2.24, 2.45) is 5.92 Å². The molecule has 0 aromatic heterocycles. The summed E-state index contributed by atoms with van der Waals surface area (Å²) < 4.78 is 18.3. The fourth-order valence-corrected chi connectivity index (χ4v) is 4.81. The van der Waals surface area contributed by atoms with Crippen LogP contribution in [0.3, 0.4) is 0 Å². The van der Waals surface area contributed by atoms with E-state index in [4.69, 9.17) is 4.74 Å². The number of hydrogen-bond acceptors (Lipinski definition) is 6. The van der Waals surface area contributed by atoms with E-state index >= 15 is 0 Å². The number of esters is 1. The van der Waals surface area contributed by atoms with Gasteiger partial charge in [-0.2, -0.15) is 0 Å². The lowest BCUT2D eigenvalue weighted by molar-refractivity contribution is -0.137. The first-order valence-corrected chi connectivity index (χ1v) is 13.5. The molecule has 0 aliphatic carbocycles. The van der Waals surface area contributed by atoms with Crippen molar-refractivity contribution in [1.82, 2.24) is 15.4 Å². The van der Waals surface area contributed by atoms with Crippen molar-refractivity contribution in [1.29, 1.82) is 0 Å². The quantitative estimate of drug-likeness (QED) is 0.163. The molecule has 2 amide bonds. The maximum atomic E-state index is 13.3. The number of nitrogens with zero attached hydrogens (tertiary/aromatic N) is 1. The van der Waals surface area contributed by atoms with Gasteiger partial charge in [0, 0.05) is 31.1 Å². The average molecular weight is 548 g/mol. The molecule has 40 heavy (non-hydrogen) atoms. The number of carbonyl (C=O) groups is 4. The highest BCUT2D eigenvalue weighted by Gasteiger charge is 2.34. The molecule has 211 valence electrons. The van der Waals surface area contributed by atoms with E-state index in [1.807, 2.05) is 30.9 Å². The predicted molar refractivity (Wildman–Crippen MR) is 151 cm³/mol. The summed E-state index contributed by atoms with van der Waals surface area (Å²) in [6.45, 7) is 7.08. The van der Waals surface area contributed by atoms with E-state index in [-0.39, 0.29) is 24.9 Å². The first-order chi connectivity index (χ1) is 19.2. The van der Waals surface area contributed by atoms with Gasteiger partial charge in [0.1, 0.15) is 5.82 Å². The number of likely N-dealkylation sites (tertiary alicyclic amines) is 1. The number of ether oxygens (including phenoxy) is 1. The topological polar surface area (TPSA) is 105 Å². The zero-order chi connectivity index (χ0) is 29.1. The Labute approximate surface area is 235 Å². The lowest BCUT2D eigenvalue weighted by atomic mass is 9.93. The van der Waals surface area contributed by atoms with Crippen LogP contribution in [0, 0.1) is 25.6 Å². The predicted octanol–water partition coefficient (Wildman–Crippen LogP) is 2.80. The molecule has 2 aromatic carbocycles. The zero-order valence-electron chi connectivity index (χ0n) is 23.2. The van der Waals surface area contributed by atoms with Crippen LogP contribution in [0.1, 0.15) is 42.0 Å². The van der Waals surface area contributed by atoms with Crippen molar-refractivity contribution in [3.63, 3.8) is 0 Å². The molecule has 0 bridgehead atoms. The van der Waals surface area contributed by atoms with Gasteiger partial charge in [-0.05, 0) is 68.9 Å². The van der Waals surface area contributed by atoms with Crippen LogP contribution in [0.15, 0.2) is 54.6 Å². The highest BCUT2D eigenvalue weighted by atomic mass is 19.1. The zero-order valence-corrected chi connectivity index (χ0v) is 23.2. The van der Waals surface area contributed by atoms with Crippen LogP contribution in [-0.2, 0) is 36.9 Å². The summed E-state index contributed by atoms with van der Waals surface area (Å²) in [6.07, 6.45) is 4.43. The Morgan fingerprint density at radius 3 is 2.62 bits per heavy atom. The van der Waals surface area contributed by atoms with Crippen molar-refractivity contribution in [3.8, 4) is 0 Å². The van der Waals surface area contributed by atoms with Gasteiger partial charge in [-0.15, -0.1) is 0 Å². The van der Waals surface area contributed by atoms with E-state index in [1.165, 1.54) is 24.3 Å². The molecule has 1 radical (unpaired) electrons. The normalized spacial score (nSPS) is 16.6. The first kappa shape index (κ1) is 30.8. The van der Waals surface area contributed by atoms with Crippen LogP contribution >= 0.6 is 0 Å². The average Bonchev–Trinajstić information content (AvgIpc) is 3.26. The van der Waals surface area contributed by atoms with Crippen molar-refractivity contribution in [2.45, 2.75) is 58.7 Å². The Hall–Kier alpha value is -3.79. The minimum absolute atomic E-state index is 0.000894. The number of hydrogen-bond donors (Lipinski definition) is 2. The van der Waals surface area contributed by atoms with Crippen LogP contribution in [-0.4, -0.2) is 61.5 Å². The minimum Gasteiger partial charge on any atom is -0.463 e. The molecule has 3 rings (SSSR count). The molecule has 1 fully saturated rings. The number of halogens is 1. The van der Waals surface area contributed by atoms with E-state index in [0.29, 0.717) is 37.7 Å². The van der Waals surface area contributed by atoms with Crippen molar-refractivity contribution >= 4 is 31.4 Å². The van der Waals surface area contributed by atoms with Crippen molar-refractivity contribution < 1.29 is 28.3 Å². The van der Waals surface area contributed by atoms with Gasteiger partial charge in [0.2, 0.25) is 11.8 Å². The second-order valence-corrected chi connectivity index (χ2v) is 9.99. The molecule has 8 nitrogen and oxygen atoms in total. The molecular formula is C30H36BFN3O5. The SMILES string of the molecule is CCOC(=O)/C=C/[C@H](C[C@@H]1CCN(Cc2ccc(C)cc2C)C1=O)NC(=O)[C@H](Cc1ccc(F)cc1)N[B]C=O. The maximum absolute atomic E-state index is 13.3. The molecule has 0 saturated carbocycles. The smallest absolute Gasteiger partial charge is 0.330 e. The number of aryl methyl sites for hydroxylation is 2. The summed E-state index contributed by atoms with van der Waals surface area (Å²) in [5.41, 5.74) is 4.08. The van der Waals surface area contributed by atoms with Gasteiger partial charge in [-0.3, -0.25) is 9.59 Å². The molecule has 1 aliphatic rings. The number of carbonyl (C=O) groups excluding carboxylic acids is 4. The third kappa shape index (κ3) is 9.15. The van der Waals surface area contributed by atoms with Crippen molar-refractivity contribution in [2.75, 3.05) is 13.2 Å². The molecular weight excluding hydrogens is 512 g/mol. The molecule has 1 aliphatic heterocycles. The van der Waals surface area contributed by atoms with Gasteiger partial charge < -0.3 is 25.0 Å². The van der Waals surface area contributed by atoms with Gasteiger partial charge in [0.05, 0.1) is 18.8 Å². The molecule has 0 unspecified atom stereocenters. The Balaban J connectivity index is 1.72. The van der Waals surface area contributed by atoms with E-state index in [0.717, 1.165) is 24.1 Å². The minimum atomic E-state index is -0.838. The largest absolute Gasteiger partial charge is 0.463 e. The molecule has 2 N–H and O–H groups in total. The maximum Gasteiger partial charge on any atom is 0.330 e. The van der Waals surface area contributed by atoms with Crippen LogP contribution in [0.5, 0.6) is 0 Å². The van der Waals surface area contributed by atoms with E-state index in [1.54, 1.807) is 19.1 Å². The number of rotatable bonds is 14. The Kier molecular flexibility index (Phi) is 11.6. The molecule has 10 heteroatoms. The Morgan fingerprint density at radius 1 is 1.20 bits per heavy atom.